The molecule has 7 nitrogen and oxygen atoms in total. The number of ether oxygens (including phenoxy) is 2. The van der Waals surface area contributed by atoms with Crippen LogP contribution in [0.15, 0.2) is 60.7 Å². The maximum Gasteiger partial charge on any atom is 0.306 e. The Labute approximate surface area is 204 Å². The maximum absolute atomic E-state index is 13.4. The second-order valence-electron chi connectivity index (χ2n) is 8.56. The van der Waals surface area contributed by atoms with Crippen molar-refractivity contribution in [3.8, 4) is 11.5 Å². The first-order chi connectivity index (χ1) is 16.9. The minimum atomic E-state index is -0.998. The van der Waals surface area contributed by atoms with E-state index in [-0.39, 0.29) is 18.9 Å². The molecule has 1 N–H and O–H groups in total. The third-order valence-electron chi connectivity index (χ3n) is 6.41. The molecule has 0 bridgehead atoms. The van der Waals surface area contributed by atoms with E-state index in [0.717, 1.165) is 33.9 Å². The van der Waals surface area contributed by atoms with Crippen LogP contribution in [-0.2, 0) is 22.7 Å². The smallest absolute Gasteiger partial charge is 0.306 e. The molecule has 0 aliphatic carbocycles. The number of amides is 1. The van der Waals surface area contributed by atoms with Gasteiger partial charge in [-0.3, -0.25) is 9.59 Å². The molecule has 0 saturated carbocycles. The summed E-state index contributed by atoms with van der Waals surface area (Å²) in [4.78, 5) is 26.6. The molecule has 0 spiro atoms. The molecule has 1 amide bonds. The Morgan fingerprint density at radius 2 is 1.71 bits per heavy atom. The predicted octanol–water partition coefficient (Wildman–Crippen LogP) is 5.48. The van der Waals surface area contributed by atoms with Crippen molar-refractivity contribution in [3.05, 3.63) is 66.2 Å². The number of nitrogens with zero attached hydrogens (tertiary/aromatic N) is 2. The fourth-order valence-electron chi connectivity index (χ4n) is 4.49. The van der Waals surface area contributed by atoms with E-state index in [1.165, 1.54) is 0 Å². The largest absolute Gasteiger partial charge is 0.497 e. The van der Waals surface area contributed by atoms with Gasteiger partial charge in [-0.25, -0.2) is 0 Å². The Bertz CT molecular complexity index is 1390. The molecule has 3 aromatic carbocycles. The molecule has 7 heteroatoms. The first-order valence-electron chi connectivity index (χ1n) is 11.6. The van der Waals surface area contributed by atoms with Gasteiger partial charge in [0.1, 0.15) is 11.5 Å². The number of para-hydroxylation sites is 1. The second kappa shape index (κ2) is 10.1. The molecule has 4 aromatic rings. The Kier molecular flexibility index (Phi) is 6.96. The number of rotatable bonds is 9. The van der Waals surface area contributed by atoms with Crippen LogP contribution in [0.5, 0.6) is 11.5 Å². The summed E-state index contributed by atoms with van der Waals surface area (Å²) in [7, 11) is 3.15. The highest BCUT2D eigenvalue weighted by molar-refractivity contribution is 6.10. The fourth-order valence-corrected chi connectivity index (χ4v) is 4.49. The molecule has 1 aromatic heterocycles. The van der Waals surface area contributed by atoms with Gasteiger partial charge in [0, 0.05) is 52.1 Å². The average Bonchev–Trinajstić information content (AvgIpc) is 3.19. The number of anilines is 1. The maximum atomic E-state index is 13.4. The SMILES string of the molecule is CCn1c2ccccc2c2cc(N(Cc3ccc(OC)cc3OC)C(=O)CC(C)C(=O)O)ccc21. The molecule has 4 rings (SSSR count). The highest BCUT2D eigenvalue weighted by Gasteiger charge is 2.24. The highest BCUT2D eigenvalue weighted by Crippen LogP contribution is 2.34. The van der Waals surface area contributed by atoms with Crippen LogP contribution in [0.4, 0.5) is 5.69 Å². The van der Waals surface area contributed by atoms with E-state index in [4.69, 9.17) is 9.47 Å². The number of methoxy groups -OCH3 is 2. The summed E-state index contributed by atoms with van der Waals surface area (Å²) in [6.45, 7) is 4.71. The normalized spacial score (nSPS) is 12.0. The van der Waals surface area contributed by atoms with E-state index < -0.39 is 11.9 Å². The molecule has 1 atom stereocenters. The Hall–Kier alpha value is -4.00. The van der Waals surface area contributed by atoms with Crippen LogP contribution in [0.3, 0.4) is 0 Å². The number of aliphatic carboxylic acids is 1. The summed E-state index contributed by atoms with van der Waals surface area (Å²) in [6.07, 6.45) is -0.109. The monoisotopic (exact) mass is 474 g/mol. The molecule has 182 valence electrons. The molecule has 0 radical (unpaired) electrons. The van der Waals surface area contributed by atoms with Crippen molar-refractivity contribution < 1.29 is 24.2 Å². The number of hydrogen-bond acceptors (Lipinski definition) is 4. The minimum absolute atomic E-state index is 0.109. The van der Waals surface area contributed by atoms with Crippen LogP contribution in [0.1, 0.15) is 25.8 Å². The first kappa shape index (κ1) is 24.1. The van der Waals surface area contributed by atoms with Crippen LogP contribution in [-0.4, -0.2) is 35.8 Å². The molecule has 1 heterocycles. The van der Waals surface area contributed by atoms with Crippen LogP contribution in [0, 0.1) is 5.92 Å². The van der Waals surface area contributed by atoms with Crippen LogP contribution in [0.25, 0.3) is 21.8 Å². The van der Waals surface area contributed by atoms with Crippen LogP contribution < -0.4 is 14.4 Å². The quantitative estimate of drug-likeness (QED) is 0.348. The molecular formula is C28H30N2O5. The van der Waals surface area contributed by atoms with E-state index in [1.807, 2.05) is 42.5 Å². The molecule has 0 fully saturated rings. The van der Waals surface area contributed by atoms with Crippen molar-refractivity contribution in [3.63, 3.8) is 0 Å². The standard InChI is InChI=1S/C28H30N2O5/c1-5-29-24-9-7-6-8-22(24)23-15-20(11-13-25(23)29)30(27(31)14-18(2)28(32)33)17-19-10-12-21(34-3)16-26(19)35-4/h6-13,15-16,18H,5,14,17H2,1-4H3,(H,32,33). The van der Waals surface area contributed by atoms with E-state index in [0.29, 0.717) is 17.2 Å². The number of aromatic nitrogens is 1. The van der Waals surface area contributed by atoms with Crippen LogP contribution in [0.2, 0.25) is 0 Å². The number of carboxylic acids is 1. The van der Waals surface area contributed by atoms with E-state index in [2.05, 4.69) is 23.6 Å². The summed E-state index contributed by atoms with van der Waals surface area (Å²) in [5.74, 6) is -0.819. The van der Waals surface area contributed by atoms with Gasteiger partial charge in [0.2, 0.25) is 5.91 Å². The number of carbonyl (C=O) groups is 2. The van der Waals surface area contributed by atoms with Gasteiger partial charge in [0.05, 0.1) is 26.7 Å². The van der Waals surface area contributed by atoms with Gasteiger partial charge in [0.25, 0.3) is 0 Å². The molecule has 35 heavy (non-hydrogen) atoms. The Balaban J connectivity index is 1.82. The zero-order valence-electron chi connectivity index (χ0n) is 20.4. The Morgan fingerprint density at radius 1 is 0.971 bits per heavy atom. The summed E-state index contributed by atoms with van der Waals surface area (Å²) < 4.78 is 13.1. The van der Waals surface area contributed by atoms with E-state index in [1.54, 1.807) is 32.1 Å². The lowest BCUT2D eigenvalue weighted by Gasteiger charge is -2.25. The minimum Gasteiger partial charge on any atom is -0.497 e. The Morgan fingerprint density at radius 3 is 2.40 bits per heavy atom. The molecule has 0 aliphatic rings. The molecule has 1 unspecified atom stereocenters. The van der Waals surface area contributed by atoms with Gasteiger partial charge in [-0.1, -0.05) is 25.1 Å². The van der Waals surface area contributed by atoms with Crippen molar-refractivity contribution in [2.45, 2.75) is 33.4 Å². The average molecular weight is 475 g/mol. The lowest BCUT2D eigenvalue weighted by Crippen LogP contribution is -2.33. The van der Waals surface area contributed by atoms with Gasteiger partial charge in [-0.2, -0.15) is 0 Å². The summed E-state index contributed by atoms with van der Waals surface area (Å²) in [5, 5.41) is 11.6. The lowest BCUT2D eigenvalue weighted by molar-refractivity contribution is -0.143. The zero-order valence-corrected chi connectivity index (χ0v) is 20.4. The van der Waals surface area contributed by atoms with Crippen molar-refractivity contribution >= 4 is 39.4 Å². The number of benzene rings is 3. The molecule has 0 saturated heterocycles. The van der Waals surface area contributed by atoms with Gasteiger partial charge in [-0.05, 0) is 43.3 Å². The summed E-state index contributed by atoms with van der Waals surface area (Å²) in [6, 6.07) is 19.6. The van der Waals surface area contributed by atoms with Crippen molar-refractivity contribution in [1.82, 2.24) is 4.57 Å². The summed E-state index contributed by atoms with van der Waals surface area (Å²) >= 11 is 0. The summed E-state index contributed by atoms with van der Waals surface area (Å²) in [5.41, 5.74) is 3.72. The van der Waals surface area contributed by atoms with E-state index in [9.17, 15) is 14.7 Å². The third kappa shape index (κ3) is 4.67. The van der Waals surface area contributed by atoms with Crippen molar-refractivity contribution in [2.75, 3.05) is 19.1 Å². The van der Waals surface area contributed by atoms with Crippen LogP contribution >= 0.6 is 0 Å². The highest BCUT2D eigenvalue weighted by atomic mass is 16.5. The number of aryl methyl sites for hydroxylation is 1. The number of hydrogen-bond donors (Lipinski definition) is 1. The number of fused-ring (bicyclic) bond motifs is 3. The molecular weight excluding hydrogens is 444 g/mol. The molecule has 0 aliphatic heterocycles. The second-order valence-corrected chi connectivity index (χ2v) is 8.56. The van der Waals surface area contributed by atoms with Crippen molar-refractivity contribution in [2.24, 2.45) is 5.92 Å². The first-order valence-corrected chi connectivity index (χ1v) is 11.6. The van der Waals surface area contributed by atoms with Gasteiger partial charge in [0.15, 0.2) is 0 Å². The predicted molar refractivity (Wildman–Crippen MR) is 137 cm³/mol. The zero-order chi connectivity index (χ0) is 25.1. The third-order valence-corrected chi connectivity index (χ3v) is 6.41. The number of carboxylic acid groups (broad SMARTS) is 1. The van der Waals surface area contributed by atoms with Gasteiger partial charge in [-0.15, -0.1) is 0 Å². The number of carbonyl (C=O) groups excluding carboxylic acids is 1. The van der Waals surface area contributed by atoms with E-state index >= 15 is 0 Å². The van der Waals surface area contributed by atoms with Gasteiger partial charge < -0.3 is 24.0 Å². The lowest BCUT2D eigenvalue weighted by atomic mass is 10.1. The fraction of sp³-hybridized carbons (Fsp3) is 0.286. The topological polar surface area (TPSA) is 81.0 Å². The van der Waals surface area contributed by atoms with Gasteiger partial charge >= 0.3 is 5.97 Å². The van der Waals surface area contributed by atoms with Crippen molar-refractivity contribution in [1.29, 1.82) is 0 Å².